The Morgan fingerprint density at radius 3 is 2.39 bits per heavy atom. The van der Waals surface area contributed by atoms with Gasteiger partial charge in [-0.2, -0.15) is 0 Å². The van der Waals surface area contributed by atoms with Gasteiger partial charge in [0.15, 0.2) is 0 Å². The first-order chi connectivity index (χ1) is 8.07. The average molecular weight is 277 g/mol. The van der Waals surface area contributed by atoms with Crippen molar-refractivity contribution in [2.24, 2.45) is 17.3 Å². The molecule has 1 saturated carbocycles. The van der Waals surface area contributed by atoms with Gasteiger partial charge in [-0.1, -0.05) is 13.8 Å². The molecule has 2 aliphatic rings. The Hall–Kier alpha value is 0.170. The Labute approximate surface area is 118 Å². The van der Waals surface area contributed by atoms with Gasteiger partial charge in [-0.3, -0.25) is 0 Å². The third kappa shape index (κ3) is 4.69. The Balaban J connectivity index is 0.00000162. The molecule has 0 aromatic carbocycles. The summed E-state index contributed by atoms with van der Waals surface area (Å²) in [6, 6.07) is 0. The third-order valence-corrected chi connectivity index (χ3v) is 4.60. The van der Waals surface area contributed by atoms with Crippen LogP contribution in [-0.4, -0.2) is 37.4 Å². The normalized spacial score (nSPS) is 32.2. The highest BCUT2D eigenvalue weighted by molar-refractivity contribution is 5.85. The zero-order valence-corrected chi connectivity index (χ0v) is 12.6. The van der Waals surface area contributed by atoms with E-state index in [9.17, 15) is 5.11 Å². The van der Waals surface area contributed by atoms with Crippen molar-refractivity contribution in [3.63, 3.8) is 0 Å². The van der Waals surface area contributed by atoms with Crippen LogP contribution in [0.4, 0.5) is 0 Å². The van der Waals surface area contributed by atoms with Crippen LogP contribution in [0.15, 0.2) is 0 Å². The van der Waals surface area contributed by atoms with Crippen LogP contribution >= 0.6 is 12.4 Å². The van der Waals surface area contributed by atoms with Crippen molar-refractivity contribution in [1.29, 1.82) is 0 Å². The Bertz CT molecular complexity index is 238. The number of nitrogens with one attached hydrogen (secondary N) is 2. The lowest BCUT2D eigenvalue weighted by molar-refractivity contribution is 0.142. The first kappa shape index (κ1) is 16.2. The molecule has 4 heteroatoms. The second-order valence-corrected chi connectivity index (χ2v) is 6.75. The van der Waals surface area contributed by atoms with E-state index in [1.807, 2.05) is 0 Å². The minimum Gasteiger partial charge on any atom is -0.391 e. The number of halogens is 1. The summed E-state index contributed by atoms with van der Waals surface area (Å²) in [6.45, 7) is 8.61. The van der Waals surface area contributed by atoms with Gasteiger partial charge in [0, 0.05) is 25.6 Å². The van der Waals surface area contributed by atoms with E-state index in [1.54, 1.807) is 0 Å². The fraction of sp³-hybridized carbons (Fsp3) is 1.00. The summed E-state index contributed by atoms with van der Waals surface area (Å²) in [6.07, 6.45) is 5.32. The van der Waals surface area contributed by atoms with Crippen LogP contribution in [0.5, 0.6) is 0 Å². The van der Waals surface area contributed by atoms with E-state index in [-0.39, 0.29) is 18.5 Å². The lowest BCUT2D eigenvalue weighted by Gasteiger charge is -2.34. The number of hydrogen-bond acceptors (Lipinski definition) is 3. The van der Waals surface area contributed by atoms with E-state index < -0.39 is 0 Å². The van der Waals surface area contributed by atoms with E-state index in [0.717, 1.165) is 32.1 Å². The number of rotatable bonds is 4. The van der Waals surface area contributed by atoms with Gasteiger partial charge in [-0.05, 0) is 43.6 Å². The molecule has 18 heavy (non-hydrogen) atoms. The van der Waals surface area contributed by atoms with Crippen molar-refractivity contribution in [1.82, 2.24) is 10.6 Å². The van der Waals surface area contributed by atoms with Crippen LogP contribution in [0.1, 0.15) is 39.5 Å². The molecule has 1 saturated heterocycles. The average Bonchev–Trinajstić information content (AvgIpc) is 2.67. The highest BCUT2D eigenvalue weighted by Gasteiger charge is 2.27. The first-order valence-corrected chi connectivity index (χ1v) is 7.16. The Morgan fingerprint density at radius 2 is 1.83 bits per heavy atom. The smallest absolute Gasteiger partial charge is 0.0716 e. The van der Waals surface area contributed by atoms with Crippen LogP contribution in [0, 0.1) is 17.3 Å². The molecule has 1 aliphatic heterocycles. The van der Waals surface area contributed by atoms with E-state index in [0.29, 0.717) is 11.3 Å². The van der Waals surface area contributed by atoms with E-state index >= 15 is 0 Å². The van der Waals surface area contributed by atoms with Crippen molar-refractivity contribution in [2.45, 2.75) is 45.6 Å². The van der Waals surface area contributed by atoms with Gasteiger partial charge >= 0.3 is 0 Å². The largest absolute Gasteiger partial charge is 0.391 e. The van der Waals surface area contributed by atoms with Crippen LogP contribution < -0.4 is 10.6 Å². The molecule has 2 fully saturated rings. The number of β-amino-alcohol motifs (C(OH)–C–C–N with tert-alkyl or cyclic N) is 1. The number of hydrogen-bond donors (Lipinski definition) is 3. The molecule has 3 nitrogen and oxygen atoms in total. The van der Waals surface area contributed by atoms with Gasteiger partial charge in [-0.25, -0.2) is 0 Å². The van der Waals surface area contributed by atoms with E-state index in [4.69, 9.17) is 0 Å². The molecular formula is C14H29ClN2O. The van der Waals surface area contributed by atoms with Crippen molar-refractivity contribution in [2.75, 3.05) is 26.2 Å². The van der Waals surface area contributed by atoms with Crippen LogP contribution in [0.3, 0.4) is 0 Å². The molecule has 0 radical (unpaired) electrons. The summed E-state index contributed by atoms with van der Waals surface area (Å²) in [7, 11) is 0. The zero-order chi connectivity index (χ0) is 12.3. The van der Waals surface area contributed by atoms with Gasteiger partial charge < -0.3 is 15.7 Å². The molecule has 108 valence electrons. The van der Waals surface area contributed by atoms with Crippen molar-refractivity contribution >= 4 is 12.4 Å². The molecule has 2 unspecified atom stereocenters. The molecule has 2 rings (SSSR count). The van der Waals surface area contributed by atoms with Crippen LogP contribution in [0.2, 0.25) is 0 Å². The zero-order valence-electron chi connectivity index (χ0n) is 11.7. The van der Waals surface area contributed by atoms with Gasteiger partial charge in [0.05, 0.1) is 6.10 Å². The summed E-state index contributed by atoms with van der Waals surface area (Å²) >= 11 is 0. The van der Waals surface area contributed by atoms with Gasteiger partial charge in [0.2, 0.25) is 0 Å². The minimum atomic E-state index is -0.146. The molecular weight excluding hydrogens is 248 g/mol. The lowest BCUT2D eigenvalue weighted by Crippen LogP contribution is -2.35. The predicted molar refractivity (Wildman–Crippen MR) is 78.2 cm³/mol. The minimum absolute atomic E-state index is 0. The fourth-order valence-corrected chi connectivity index (χ4v) is 3.06. The standard InChI is InChI=1S/C14H28N2O.ClH/c1-14(2)5-3-11(4-6-14)7-15-8-12-9-16-10-13(12)17;/h11-13,15-17H,3-10H2,1-2H3;1H. The second-order valence-electron chi connectivity index (χ2n) is 6.75. The highest BCUT2D eigenvalue weighted by atomic mass is 35.5. The molecule has 0 spiro atoms. The first-order valence-electron chi connectivity index (χ1n) is 7.16. The highest BCUT2D eigenvalue weighted by Crippen LogP contribution is 2.37. The molecule has 0 aromatic rings. The van der Waals surface area contributed by atoms with Crippen LogP contribution in [0.25, 0.3) is 0 Å². The Morgan fingerprint density at radius 1 is 1.17 bits per heavy atom. The molecule has 0 bridgehead atoms. The summed E-state index contributed by atoms with van der Waals surface area (Å²) in [5.41, 5.74) is 0.571. The van der Waals surface area contributed by atoms with E-state index in [2.05, 4.69) is 24.5 Å². The fourth-order valence-electron chi connectivity index (χ4n) is 3.06. The van der Waals surface area contributed by atoms with Crippen LogP contribution in [-0.2, 0) is 0 Å². The monoisotopic (exact) mass is 276 g/mol. The summed E-state index contributed by atoms with van der Waals surface area (Å²) in [4.78, 5) is 0. The maximum atomic E-state index is 9.69. The van der Waals surface area contributed by atoms with Crippen molar-refractivity contribution in [3.05, 3.63) is 0 Å². The molecule has 3 N–H and O–H groups in total. The molecule has 0 amide bonds. The van der Waals surface area contributed by atoms with Crippen molar-refractivity contribution in [3.8, 4) is 0 Å². The number of aliphatic hydroxyl groups is 1. The van der Waals surface area contributed by atoms with E-state index in [1.165, 1.54) is 25.7 Å². The maximum Gasteiger partial charge on any atom is 0.0716 e. The van der Waals surface area contributed by atoms with Gasteiger partial charge in [0.1, 0.15) is 0 Å². The second kappa shape index (κ2) is 7.09. The maximum absolute atomic E-state index is 9.69. The SMILES string of the molecule is CC1(C)CCC(CNCC2CNCC2O)CC1.Cl. The summed E-state index contributed by atoms with van der Waals surface area (Å²) in [5.74, 6) is 1.27. The lowest BCUT2D eigenvalue weighted by atomic mass is 9.73. The Kier molecular flexibility index (Phi) is 6.39. The quantitative estimate of drug-likeness (QED) is 0.734. The van der Waals surface area contributed by atoms with Gasteiger partial charge in [-0.15, -0.1) is 12.4 Å². The molecule has 1 aliphatic carbocycles. The number of aliphatic hydroxyl groups excluding tert-OH is 1. The summed E-state index contributed by atoms with van der Waals surface area (Å²) < 4.78 is 0. The molecule has 0 aromatic heterocycles. The molecule has 1 heterocycles. The predicted octanol–water partition coefficient (Wildman–Crippen LogP) is 1.79. The van der Waals surface area contributed by atoms with Crippen molar-refractivity contribution < 1.29 is 5.11 Å². The third-order valence-electron chi connectivity index (χ3n) is 4.60. The topological polar surface area (TPSA) is 44.3 Å². The molecule has 2 atom stereocenters. The summed E-state index contributed by atoms with van der Waals surface area (Å²) in [5, 5.41) is 16.5. The van der Waals surface area contributed by atoms with Gasteiger partial charge in [0.25, 0.3) is 0 Å².